The summed E-state index contributed by atoms with van der Waals surface area (Å²) in [6, 6.07) is 5.00. The predicted molar refractivity (Wildman–Crippen MR) is 116 cm³/mol. The fourth-order valence-corrected chi connectivity index (χ4v) is 3.19. The summed E-state index contributed by atoms with van der Waals surface area (Å²) in [4.78, 5) is 24.4. The van der Waals surface area contributed by atoms with Crippen LogP contribution in [-0.2, 0) is 0 Å². The van der Waals surface area contributed by atoms with Crippen molar-refractivity contribution in [1.82, 2.24) is 15.9 Å². The maximum atomic E-state index is 12.5. The fourth-order valence-electron chi connectivity index (χ4n) is 3.19. The van der Waals surface area contributed by atoms with Gasteiger partial charge in [0.15, 0.2) is 0 Å². The summed E-state index contributed by atoms with van der Waals surface area (Å²) in [6.07, 6.45) is 15.0. The zero-order valence-electron chi connectivity index (χ0n) is 17.8. The number of benzene rings is 1. The summed E-state index contributed by atoms with van der Waals surface area (Å²) in [7, 11) is 0. The highest BCUT2D eigenvalue weighted by atomic mass is 16.3. The molecule has 7 nitrogen and oxygen atoms in total. The highest BCUT2D eigenvalue weighted by Crippen LogP contribution is 2.13. The van der Waals surface area contributed by atoms with Gasteiger partial charge in [-0.1, -0.05) is 77.6 Å². The first-order valence-electron chi connectivity index (χ1n) is 11.0. The van der Waals surface area contributed by atoms with Crippen molar-refractivity contribution >= 4 is 11.9 Å². The van der Waals surface area contributed by atoms with Gasteiger partial charge in [0.2, 0.25) is 0 Å². The number of rotatable bonds is 15. The Bertz CT molecular complexity index is 578. The van der Waals surface area contributed by atoms with Crippen LogP contribution in [0.3, 0.4) is 0 Å². The van der Waals surface area contributed by atoms with Gasteiger partial charge in [0, 0.05) is 12.1 Å². The van der Waals surface area contributed by atoms with E-state index in [1.54, 1.807) is 0 Å². The van der Waals surface area contributed by atoms with E-state index in [1.165, 1.54) is 82.1 Å². The third-order valence-corrected chi connectivity index (χ3v) is 4.94. The summed E-state index contributed by atoms with van der Waals surface area (Å²) in [5.74, 6) is 4.72. The molecule has 1 rings (SSSR count). The molecule has 1 aromatic rings. The molecule has 0 unspecified atom stereocenters. The number of hydrazine groups is 2. The monoisotopic (exact) mass is 406 g/mol. The highest BCUT2D eigenvalue weighted by molar-refractivity contribution is 6.03. The van der Waals surface area contributed by atoms with Gasteiger partial charge in [-0.05, 0) is 30.7 Å². The van der Waals surface area contributed by atoms with E-state index in [9.17, 15) is 14.7 Å². The molecule has 0 aliphatic rings. The lowest BCUT2D eigenvalue weighted by atomic mass is 10.1. The number of unbranched alkanes of at least 4 members (excludes halogenated alkanes) is 11. The minimum atomic E-state index is -0.720. The Labute approximate surface area is 175 Å². The number of hydrogen-bond acceptors (Lipinski definition) is 5. The average molecular weight is 407 g/mol. The maximum absolute atomic E-state index is 12.5. The van der Waals surface area contributed by atoms with Crippen molar-refractivity contribution < 1.29 is 14.7 Å². The number of phenolic OH excluding ortho intramolecular Hbond substituents is 1. The lowest BCUT2D eigenvalue weighted by Gasteiger charge is -2.21. The van der Waals surface area contributed by atoms with Gasteiger partial charge < -0.3 is 5.11 Å². The molecule has 0 heterocycles. The van der Waals surface area contributed by atoms with Crippen molar-refractivity contribution in [3.8, 4) is 5.75 Å². The second-order valence-electron chi connectivity index (χ2n) is 7.43. The molecule has 0 bridgehead atoms. The number of nitrogens with two attached hydrogens (primary N) is 1. The highest BCUT2D eigenvalue weighted by Gasteiger charge is 2.21. The fraction of sp³-hybridized carbons (Fsp3) is 0.636. The molecule has 7 heteroatoms. The lowest BCUT2D eigenvalue weighted by molar-refractivity contribution is 0.0725. The largest absolute Gasteiger partial charge is 0.508 e. The topological polar surface area (TPSA) is 108 Å². The van der Waals surface area contributed by atoms with Crippen molar-refractivity contribution in [1.29, 1.82) is 0 Å². The van der Waals surface area contributed by atoms with Gasteiger partial charge in [-0.15, -0.1) is 0 Å². The van der Waals surface area contributed by atoms with Crippen LogP contribution in [0.5, 0.6) is 5.75 Å². The third-order valence-electron chi connectivity index (χ3n) is 4.94. The van der Waals surface area contributed by atoms with E-state index in [-0.39, 0.29) is 11.3 Å². The minimum absolute atomic E-state index is 0.0563. The van der Waals surface area contributed by atoms with Gasteiger partial charge in [-0.2, -0.15) is 5.01 Å². The number of phenols is 1. The van der Waals surface area contributed by atoms with Crippen LogP contribution in [0.4, 0.5) is 4.79 Å². The van der Waals surface area contributed by atoms with Crippen LogP contribution in [-0.4, -0.2) is 28.6 Å². The second kappa shape index (κ2) is 15.8. The molecule has 0 saturated heterocycles. The zero-order chi connectivity index (χ0) is 21.3. The van der Waals surface area contributed by atoms with E-state index in [2.05, 4.69) is 12.3 Å². The molecule has 0 aliphatic heterocycles. The molecule has 29 heavy (non-hydrogen) atoms. The van der Waals surface area contributed by atoms with Gasteiger partial charge >= 0.3 is 6.03 Å². The van der Waals surface area contributed by atoms with E-state index in [0.717, 1.165) is 24.3 Å². The van der Waals surface area contributed by atoms with Crippen molar-refractivity contribution in [2.45, 2.75) is 84.0 Å². The molecule has 0 atom stereocenters. The SMILES string of the molecule is CCCCCCCCCCCCCCNN(C(=O)NN)C(=O)c1ccc(O)cc1. The van der Waals surface area contributed by atoms with Crippen molar-refractivity contribution in [2.75, 3.05) is 6.54 Å². The first-order valence-corrected chi connectivity index (χ1v) is 11.0. The minimum Gasteiger partial charge on any atom is -0.508 e. The average Bonchev–Trinajstić information content (AvgIpc) is 2.73. The Balaban J connectivity index is 2.17. The standard InChI is InChI=1S/C22H38N4O3/c1-2-3-4-5-6-7-8-9-10-11-12-13-18-24-26(22(29)25-23)21(28)19-14-16-20(27)17-15-19/h14-17,24,27H,2-13,18,23H2,1H3,(H,25,29). The molecule has 3 amide bonds. The Morgan fingerprint density at radius 3 is 1.83 bits per heavy atom. The van der Waals surface area contributed by atoms with Crippen molar-refractivity contribution in [3.63, 3.8) is 0 Å². The Hall–Kier alpha value is -2.12. The molecular weight excluding hydrogens is 368 g/mol. The molecule has 0 aliphatic carbocycles. The maximum Gasteiger partial charge on any atom is 0.353 e. The number of nitrogens with zero attached hydrogens (tertiary/aromatic N) is 1. The van der Waals surface area contributed by atoms with E-state index in [1.807, 2.05) is 5.43 Å². The molecule has 0 fully saturated rings. The smallest absolute Gasteiger partial charge is 0.353 e. The number of urea groups is 1. The van der Waals surface area contributed by atoms with Crippen LogP contribution in [0, 0.1) is 0 Å². The second-order valence-corrected chi connectivity index (χ2v) is 7.43. The van der Waals surface area contributed by atoms with E-state index < -0.39 is 11.9 Å². The molecule has 5 N–H and O–H groups in total. The molecule has 0 saturated carbocycles. The molecule has 0 radical (unpaired) electrons. The number of hydrogen-bond donors (Lipinski definition) is 4. The molecule has 1 aromatic carbocycles. The van der Waals surface area contributed by atoms with E-state index >= 15 is 0 Å². The summed E-state index contributed by atoms with van der Waals surface area (Å²) < 4.78 is 0. The number of imide groups is 1. The Morgan fingerprint density at radius 1 is 0.862 bits per heavy atom. The van der Waals surface area contributed by atoms with Gasteiger partial charge in [0.1, 0.15) is 5.75 Å². The lowest BCUT2D eigenvalue weighted by Crippen LogP contribution is -2.53. The first-order chi connectivity index (χ1) is 14.1. The zero-order valence-corrected chi connectivity index (χ0v) is 17.8. The van der Waals surface area contributed by atoms with Crippen molar-refractivity contribution in [3.05, 3.63) is 29.8 Å². The molecular formula is C22H38N4O3. The number of aromatic hydroxyl groups is 1. The van der Waals surface area contributed by atoms with Gasteiger partial charge in [0.25, 0.3) is 5.91 Å². The number of nitrogens with one attached hydrogen (secondary N) is 2. The summed E-state index contributed by atoms with van der Waals surface area (Å²) in [6.45, 7) is 2.75. The van der Waals surface area contributed by atoms with Crippen LogP contribution < -0.4 is 16.7 Å². The van der Waals surface area contributed by atoms with E-state index in [4.69, 9.17) is 5.84 Å². The number of amides is 3. The summed E-state index contributed by atoms with van der Waals surface area (Å²) >= 11 is 0. The van der Waals surface area contributed by atoms with Gasteiger partial charge in [0.05, 0.1) is 0 Å². The summed E-state index contributed by atoms with van der Waals surface area (Å²) in [5, 5.41) is 10.2. The normalized spacial score (nSPS) is 10.7. The molecule has 0 aromatic heterocycles. The van der Waals surface area contributed by atoms with Crippen LogP contribution in [0.15, 0.2) is 24.3 Å². The quantitative estimate of drug-likeness (QED) is 0.147. The molecule has 0 spiro atoms. The number of carbonyl (C=O) groups excluding carboxylic acids is 2. The van der Waals surface area contributed by atoms with Crippen LogP contribution in [0.25, 0.3) is 0 Å². The van der Waals surface area contributed by atoms with Crippen LogP contribution in [0.1, 0.15) is 94.3 Å². The molecule has 164 valence electrons. The van der Waals surface area contributed by atoms with E-state index in [0.29, 0.717) is 6.54 Å². The van der Waals surface area contributed by atoms with Gasteiger partial charge in [-0.3, -0.25) is 10.2 Å². The Kier molecular flexibility index (Phi) is 13.5. The van der Waals surface area contributed by atoms with Crippen LogP contribution >= 0.6 is 0 Å². The Morgan fingerprint density at radius 2 is 1.34 bits per heavy atom. The van der Waals surface area contributed by atoms with Crippen LogP contribution in [0.2, 0.25) is 0 Å². The third kappa shape index (κ3) is 10.9. The number of carbonyl (C=O) groups is 2. The predicted octanol–water partition coefficient (Wildman–Crippen LogP) is 4.62. The summed E-state index contributed by atoms with van der Waals surface area (Å²) in [5.41, 5.74) is 5.11. The first kappa shape index (κ1) is 24.9. The van der Waals surface area contributed by atoms with Crippen molar-refractivity contribution in [2.24, 2.45) is 5.84 Å². The van der Waals surface area contributed by atoms with Gasteiger partial charge in [-0.25, -0.2) is 16.1 Å².